The summed E-state index contributed by atoms with van der Waals surface area (Å²) in [6.45, 7) is 10.8. The highest BCUT2D eigenvalue weighted by molar-refractivity contribution is 6.37. The van der Waals surface area contributed by atoms with Crippen LogP contribution < -0.4 is 14.8 Å². The fourth-order valence-electron chi connectivity index (χ4n) is 6.29. The molecule has 2 aliphatic rings. The molecule has 1 aliphatic carbocycles. The molecule has 1 saturated carbocycles. The maximum atomic E-state index is 14.6. The van der Waals surface area contributed by atoms with Gasteiger partial charge in [-0.2, -0.15) is 0 Å². The highest BCUT2D eigenvalue weighted by Gasteiger charge is 2.43. The Balaban J connectivity index is 1.32. The summed E-state index contributed by atoms with van der Waals surface area (Å²) >= 11 is 19.3. The second-order valence-electron chi connectivity index (χ2n) is 14.3. The largest absolute Gasteiger partial charge is 0.490 e. The first-order valence-corrected chi connectivity index (χ1v) is 18.4. The van der Waals surface area contributed by atoms with Crippen LogP contribution >= 0.6 is 34.8 Å². The van der Waals surface area contributed by atoms with E-state index < -0.39 is 17.6 Å². The van der Waals surface area contributed by atoms with E-state index >= 15 is 0 Å². The van der Waals surface area contributed by atoms with Gasteiger partial charge in [-0.15, -0.1) is 0 Å². The quantitative estimate of drug-likeness (QED) is 0.186. The number of rotatable bonds is 12. The van der Waals surface area contributed by atoms with Gasteiger partial charge < -0.3 is 29.3 Å². The minimum atomic E-state index is -0.661. The molecule has 12 heteroatoms. The molecule has 2 fully saturated rings. The van der Waals surface area contributed by atoms with Crippen molar-refractivity contribution < 1.29 is 28.6 Å². The fourth-order valence-corrected chi connectivity index (χ4v) is 7.17. The summed E-state index contributed by atoms with van der Waals surface area (Å²) in [6.07, 6.45) is 1.97. The zero-order valence-electron chi connectivity index (χ0n) is 29.8. The lowest BCUT2D eigenvalue weighted by molar-refractivity contribution is -0.139. The third-order valence-corrected chi connectivity index (χ3v) is 9.82. The van der Waals surface area contributed by atoms with Gasteiger partial charge in [0.05, 0.1) is 16.0 Å². The van der Waals surface area contributed by atoms with E-state index in [-0.39, 0.29) is 43.5 Å². The van der Waals surface area contributed by atoms with Crippen molar-refractivity contribution in [1.82, 2.24) is 15.1 Å². The number of hydrogen-bond donors (Lipinski definition) is 1. The maximum Gasteiger partial charge on any atom is 0.410 e. The average molecular weight is 759 g/mol. The molecular weight excluding hydrogens is 713 g/mol. The first-order valence-electron chi connectivity index (χ1n) is 17.3. The van der Waals surface area contributed by atoms with Crippen LogP contribution in [0.2, 0.25) is 15.1 Å². The Morgan fingerprint density at radius 2 is 1.57 bits per heavy atom. The Kier molecular flexibility index (Phi) is 12.7. The SMILES string of the molecule is CC(=O)NCc1ccc(Cl)c(CN(C(=O)[C@H]2CN(C(=O)OC(C)(C)C)CC[C@@H]2c2ccc(OCCOc3c(Cl)cc(C)cc3Cl)cc2)C2CC2)c1. The normalized spacial score (nSPS) is 17.5. The smallest absolute Gasteiger partial charge is 0.410 e. The summed E-state index contributed by atoms with van der Waals surface area (Å²) in [4.78, 5) is 43.0. The zero-order valence-corrected chi connectivity index (χ0v) is 32.0. The fraction of sp³-hybridized carbons (Fsp3) is 0.462. The van der Waals surface area contributed by atoms with E-state index in [4.69, 9.17) is 49.0 Å². The average Bonchev–Trinajstić information content (AvgIpc) is 3.91. The van der Waals surface area contributed by atoms with Crippen molar-refractivity contribution in [2.24, 2.45) is 5.92 Å². The second-order valence-corrected chi connectivity index (χ2v) is 15.5. The topological polar surface area (TPSA) is 97.4 Å². The van der Waals surface area contributed by atoms with Crippen LogP contribution in [0.15, 0.2) is 54.6 Å². The van der Waals surface area contributed by atoms with Crippen molar-refractivity contribution in [2.45, 2.75) is 84.5 Å². The van der Waals surface area contributed by atoms with Crippen LogP contribution in [-0.2, 0) is 27.4 Å². The highest BCUT2D eigenvalue weighted by Crippen LogP contribution is 2.39. The van der Waals surface area contributed by atoms with E-state index in [1.54, 1.807) is 23.1 Å². The number of carbonyl (C=O) groups is 3. The predicted molar refractivity (Wildman–Crippen MR) is 200 cm³/mol. The number of carbonyl (C=O) groups excluding carboxylic acids is 3. The third kappa shape index (κ3) is 10.7. The number of aryl methyl sites for hydroxylation is 1. The summed E-state index contributed by atoms with van der Waals surface area (Å²) in [5, 5.41) is 4.28. The van der Waals surface area contributed by atoms with Gasteiger partial charge in [-0.1, -0.05) is 59.1 Å². The standard InChI is InChI=1S/C39H46Cl3N3O6/c1-24-18-34(41)36(35(42)19-24)50-17-16-49-30-11-7-27(8-12-30)31-14-15-44(38(48)51-39(3,4)5)23-32(31)37(47)45(29-9-10-29)22-28-20-26(6-13-33(28)40)21-43-25(2)46/h6-8,11-13,18-20,29,31-32H,9-10,14-17,21-23H2,1-5H3,(H,43,46)/t31-,32+/m1/s1. The van der Waals surface area contributed by atoms with E-state index in [1.165, 1.54) is 6.92 Å². The number of amides is 3. The molecule has 1 heterocycles. The zero-order chi connectivity index (χ0) is 36.9. The van der Waals surface area contributed by atoms with Crippen LogP contribution in [0.1, 0.15) is 75.1 Å². The Bertz CT molecular complexity index is 1700. The molecule has 0 bridgehead atoms. The van der Waals surface area contributed by atoms with Gasteiger partial charge in [0.1, 0.15) is 24.6 Å². The summed E-state index contributed by atoms with van der Waals surface area (Å²) < 4.78 is 17.4. The molecule has 1 saturated heterocycles. The second kappa shape index (κ2) is 16.8. The molecule has 0 radical (unpaired) electrons. The van der Waals surface area contributed by atoms with Crippen molar-refractivity contribution in [3.63, 3.8) is 0 Å². The van der Waals surface area contributed by atoms with Crippen molar-refractivity contribution in [1.29, 1.82) is 0 Å². The van der Waals surface area contributed by atoms with Crippen molar-refractivity contribution in [2.75, 3.05) is 26.3 Å². The number of ether oxygens (including phenoxy) is 3. The van der Waals surface area contributed by atoms with Crippen LogP contribution in [0.3, 0.4) is 0 Å². The van der Waals surface area contributed by atoms with E-state index in [0.29, 0.717) is 52.6 Å². The molecule has 0 spiro atoms. The first kappa shape index (κ1) is 38.6. The molecule has 274 valence electrons. The van der Waals surface area contributed by atoms with Crippen LogP contribution in [0.5, 0.6) is 11.5 Å². The predicted octanol–water partition coefficient (Wildman–Crippen LogP) is 8.58. The number of hydrogen-bond acceptors (Lipinski definition) is 6. The lowest BCUT2D eigenvalue weighted by Gasteiger charge is -2.40. The van der Waals surface area contributed by atoms with Crippen LogP contribution in [0.4, 0.5) is 4.79 Å². The number of nitrogens with one attached hydrogen (secondary N) is 1. The van der Waals surface area contributed by atoms with E-state index in [1.807, 2.05) is 69.0 Å². The molecule has 0 aromatic heterocycles. The van der Waals surface area contributed by atoms with E-state index in [9.17, 15) is 14.4 Å². The molecule has 9 nitrogen and oxygen atoms in total. The molecule has 0 unspecified atom stereocenters. The molecule has 1 N–H and O–H groups in total. The van der Waals surface area contributed by atoms with Crippen LogP contribution in [-0.4, -0.2) is 65.7 Å². The molecule has 3 amide bonds. The Morgan fingerprint density at radius 1 is 0.902 bits per heavy atom. The van der Waals surface area contributed by atoms with E-state index in [2.05, 4.69) is 5.32 Å². The third-order valence-electron chi connectivity index (χ3n) is 8.89. The molecule has 51 heavy (non-hydrogen) atoms. The number of likely N-dealkylation sites (tertiary alicyclic amines) is 1. The number of benzene rings is 3. The Labute approximate surface area is 315 Å². The Morgan fingerprint density at radius 3 is 2.20 bits per heavy atom. The summed E-state index contributed by atoms with van der Waals surface area (Å²) in [7, 11) is 0. The van der Waals surface area contributed by atoms with Crippen molar-refractivity contribution in [3.8, 4) is 11.5 Å². The van der Waals surface area contributed by atoms with Gasteiger partial charge in [0.15, 0.2) is 5.75 Å². The number of halogens is 3. The van der Waals surface area contributed by atoms with Crippen LogP contribution in [0, 0.1) is 12.8 Å². The number of nitrogens with zero attached hydrogens (tertiary/aromatic N) is 2. The highest BCUT2D eigenvalue weighted by atomic mass is 35.5. The number of piperidine rings is 1. The monoisotopic (exact) mass is 757 g/mol. The van der Waals surface area contributed by atoms with Crippen LogP contribution in [0.25, 0.3) is 0 Å². The minimum Gasteiger partial charge on any atom is -0.490 e. The summed E-state index contributed by atoms with van der Waals surface area (Å²) in [6, 6.07) is 17.1. The van der Waals surface area contributed by atoms with Gasteiger partial charge in [-0.05, 0) is 105 Å². The van der Waals surface area contributed by atoms with Crippen molar-refractivity contribution in [3.05, 3.63) is 91.9 Å². The minimum absolute atomic E-state index is 0.0232. The van der Waals surface area contributed by atoms with Gasteiger partial charge in [0.25, 0.3) is 0 Å². The summed E-state index contributed by atoms with van der Waals surface area (Å²) in [5.74, 6) is 0.300. The van der Waals surface area contributed by atoms with Gasteiger partial charge in [0.2, 0.25) is 11.8 Å². The molecule has 5 rings (SSSR count). The molecule has 3 aromatic carbocycles. The molecule has 2 atom stereocenters. The molecular formula is C39H46Cl3N3O6. The Hall–Kier alpha value is -3.66. The molecule has 3 aromatic rings. The van der Waals surface area contributed by atoms with Crippen molar-refractivity contribution >= 4 is 52.7 Å². The lowest BCUT2D eigenvalue weighted by atomic mass is 9.79. The first-order chi connectivity index (χ1) is 24.2. The van der Waals surface area contributed by atoms with Gasteiger partial charge >= 0.3 is 6.09 Å². The van der Waals surface area contributed by atoms with Gasteiger partial charge in [0, 0.05) is 44.2 Å². The van der Waals surface area contributed by atoms with Gasteiger partial charge in [-0.3, -0.25) is 9.59 Å². The summed E-state index contributed by atoms with van der Waals surface area (Å²) in [5.41, 5.74) is 2.99. The maximum absolute atomic E-state index is 14.6. The lowest BCUT2D eigenvalue weighted by Crippen LogP contribution is -2.51. The molecule has 1 aliphatic heterocycles. The van der Waals surface area contributed by atoms with E-state index in [0.717, 1.165) is 35.1 Å². The van der Waals surface area contributed by atoms with Gasteiger partial charge in [-0.25, -0.2) is 4.79 Å².